The Labute approximate surface area is 88.0 Å². The Hall–Kier alpha value is -0.640. The van der Waals surface area contributed by atoms with Gasteiger partial charge in [0.05, 0.1) is 5.02 Å². The van der Waals surface area contributed by atoms with E-state index in [-0.39, 0.29) is 11.1 Å². The largest absolute Gasteiger partial charge is 0.329 e. The van der Waals surface area contributed by atoms with Crippen LogP contribution in [-0.4, -0.2) is 6.54 Å². The summed E-state index contributed by atoms with van der Waals surface area (Å²) in [6.45, 7) is 2.24. The molecule has 2 nitrogen and oxygen atoms in total. The van der Waals surface area contributed by atoms with E-state index in [2.05, 4.69) is 0 Å². The number of nitrogens with two attached hydrogens (primary N) is 2. The summed E-state index contributed by atoms with van der Waals surface area (Å²) in [7, 11) is 0. The van der Waals surface area contributed by atoms with Crippen molar-refractivity contribution in [3.8, 4) is 0 Å². The van der Waals surface area contributed by atoms with E-state index in [4.69, 9.17) is 23.1 Å². The maximum absolute atomic E-state index is 13.1. The van der Waals surface area contributed by atoms with E-state index in [0.717, 1.165) is 11.1 Å². The van der Waals surface area contributed by atoms with Crippen molar-refractivity contribution in [1.29, 1.82) is 0 Å². The van der Waals surface area contributed by atoms with Crippen molar-refractivity contribution in [2.24, 2.45) is 11.5 Å². The van der Waals surface area contributed by atoms with Crippen LogP contribution in [0.3, 0.4) is 0 Å². The van der Waals surface area contributed by atoms with Gasteiger partial charge in [-0.05, 0) is 23.6 Å². The van der Waals surface area contributed by atoms with Gasteiger partial charge in [0.1, 0.15) is 5.82 Å². The van der Waals surface area contributed by atoms with Gasteiger partial charge in [0, 0.05) is 12.6 Å². The van der Waals surface area contributed by atoms with E-state index in [9.17, 15) is 4.39 Å². The molecule has 0 heterocycles. The van der Waals surface area contributed by atoms with Gasteiger partial charge in [-0.25, -0.2) is 4.39 Å². The SMILES string of the molecule is CCc1c([C@@H](N)CN)ccc(F)c1Cl. The standard InChI is InChI=1S/C10H14ClFN2/c1-2-6-7(9(14)5-13)3-4-8(12)10(6)11/h3-4,9H,2,5,13-14H2,1H3/t9-/m0/s1. The molecule has 0 fully saturated rings. The minimum atomic E-state index is -0.406. The molecular weight excluding hydrogens is 203 g/mol. The maximum Gasteiger partial charge on any atom is 0.142 e. The van der Waals surface area contributed by atoms with Gasteiger partial charge in [-0.2, -0.15) is 0 Å². The van der Waals surface area contributed by atoms with Crippen LogP contribution in [0.5, 0.6) is 0 Å². The molecule has 78 valence electrons. The van der Waals surface area contributed by atoms with Crippen molar-refractivity contribution < 1.29 is 4.39 Å². The average Bonchev–Trinajstić information content (AvgIpc) is 2.20. The molecule has 0 bridgehead atoms. The molecule has 0 aromatic heterocycles. The lowest BCUT2D eigenvalue weighted by atomic mass is 9.99. The first-order valence-corrected chi connectivity index (χ1v) is 4.92. The van der Waals surface area contributed by atoms with Crippen molar-refractivity contribution in [2.45, 2.75) is 19.4 Å². The molecule has 0 aliphatic rings. The lowest BCUT2D eigenvalue weighted by Gasteiger charge is -2.15. The highest BCUT2D eigenvalue weighted by Gasteiger charge is 2.14. The molecule has 0 saturated heterocycles. The Morgan fingerprint density at radius 2 is 2.14 bits per heavy atom. The van der Waals surface area contributed by atoms with Crippen molar-refractivity contribution >= 4 is 11.6 Å². The Bertz CT molecular complexity index is 328. The highest BCUT2D eigenvalue weighted by Crippen LogP contribution is 2.27. The topological polar surface area (TPSA) is 52.0 Å². The monoisotopic (exact) mass is 216 g/mol. The molecule has 1 aromatic carbocycles. The predicted molar refractivity (Wildman–Crippen MR) is 56.8 cm³/mol. The number of halogens is 2. The van der Waals surface area contributed by atoms with Gasteiger partial charge in [0.25, 0.3) is 0 Å². The molecule has 1 atom stereocenters. The molecule has 1 rings (SSSR count). The van der Waals surface area contributed by atoms with Gasteiger partial charge >= 0.3 is 0 Å². The molecule has 0 unspecified atom stereocenters. The highest BCUT2D eigenvalue weighted by atomic mass is 35.5. The van der Waals surface area contributed by atoms with E-state index < -0.39 is 5.82 Å². The smallest absolute Gasteiger partial charge is 0.142 e. The van der Waals surface area contributed by atoms with Crippen LogP contribution in [0.25, 0.3) is 0 Å². The van der Waals surface area contributed by atoms with Gasteiger partial charge in [-0.3, -0.25) is 0 Å². The predicted octanol–water partition coefficient (Wildman–Crippen LogP) is 2.00. The molecule has 0 saturated carbocycles. The molecule has 1 aromatic rings. The fourth-order valence-electron chi connectivity index (χ4n) is 1.44. The van der Waals surface area contributed by atoms with E-state index in [0.29, 0.717) is 13.0 Å². The summed E-state index contributed by atoms with van der Waals surface area (Å²) in [6, 6.07) is 2.70. The van der Waals surface area contributed by atoms with Gasteiger partial charge in [0.15, 0.2) is 0 Å². The first-order valence-electron chi connectivity index (χ1n) is 4.54. The van der Waals surface area contributed by atoms with Crippen LogP contribution < -0.4 is 11.5 Å². The Morgan fingerprint density at radius 3 is 2.64 bits per heavy atom. The molecular formula is C10H14ClFN2. The molecule has 0 amide bonds. The first kappa shape index (κ1) is 11.4. The van der Waals surface area contributed by atoms with Gasteiger partial charge in [-0.15, -0.1) is 0 Å². The maximum atomic E-state index is 13.1. The van der Waals surface area contributed by atoms with Crippen LogP contribution in [0.1, 0.15) is 24.1 Å². The minimum absolute atomic E-state index is 0.161. The highest BCUT2D eigenvalue weighted by molar-refractivity contribution is 6.31. The third kappa shape index (κ3) is 2.05. The minimum Gasteiger partial charge on any atom is -0.329 e. The second kappa shape index (κ2) is 4.73. The van der Waals surface area contributed by atoms with E-state index in [1.54, 1.807) is 6.07 Å². The fourth-order valence-corrected chi connectivity index (χ4v) is 1.75. The quantitative estimate of drug-likeness (QED) is 0.812. The van der Waals surface area contributed by atoms with E-state index in [1.165, 1.54) is 6.07 Å². The van der Waals surface area contributed by atoms with Gasteiger partial charge in [-0.1, -0.05) is 24.6 Å². The van der Waals surface area contributed by atoms with Gasteiger partial charge in [0.2, 0.25) is 0 Å². The first-order chi connectivity index (χ1) is 6.61. The second-order valence-electron chi connectivity index (χ2n) is 3.12. The van der Waals surface area contributed by atoms with Gasteiger partial charge < -0.3 is 11.5 Å². The number of rotatable bonds is 3. The van der Waals surface area contributed by atoms with Crippen LogP contribution in [0, 0.1) is 5.82 Å². The molecule has 0 aliphatic carbocycles. The summed E-state index contributed by atoms with van der Waals surface area (Å²) in [4.78, 5) is 0. The van der Waals surface area contributed by atoms with Crippen LogP contribution in [0.4, 0.5) is 4.39 Å². The summed E-state index contributed by atoms with van der Waals surface area (Å²) in [5.41, 5.74) is 12.8. The average molecular weight is 217 g/mol. The lowest BCUT2D eigenvalue weighted by Crippen LogP contribution is -2.22. The summed E-state index contributed by atoms with van der Waals surface area (Å²) < 4.78 is 13.1. The van der Waals surface area contributed by atoms with E-state index in [1.807, 2.05) is 6.92 Å². The lowest BCUT2D eigenvalue weighted by molar-refractivity contribution is 0.622. The van der Waals surface area contributed by atoms with Crippen molar-refractivity contribution in [3.63, 3.8) is 0 Å². The number of hydrogen-bond acceptors (Lipinski definition) is 2. The molecule has 0 aliphatic heterocycles. The summed E-state index contributed by atoms with van der Waals surface area (Å²) >= 11 is 5.83. The molecule has 14 heavy (non-hydrogen) atoms. The number of hydrogen-bond donors (Lipinski definition) is 2. The fraction of sp³-hybridized carbons (Fsp3) is 0.400. The number of benzene rings is 1. The molecule has 4 N–H and O–H groups in total. The zero-order valence-electron chi connectivity index (χ0n) is 8.06. The van der Waals surface area contributed by atoms with Crippen LogP contribution in [0.2, 0.25) is 5.02 Å². The third-order valence-corrected chi connectivity index (χ3v) is 2.65. The van der Waals surface area contributed by atoms with Crippen molar-refractivity contribution in [3.05, 3.63) is 34.1 Å². The molecule has 4 heteroatoms. The Kier molecular flexibility index (Phi) is 3.86. The van der Waals surface area contributed by atoms with Crippen LogP contribution in [0.15, 0.2) is 12.1 Å². The summed E-state index contributed by atoms with van der Waals surface area (Å²) in [6.07, 6.45) is 0.652. The van der Waals surface area contributed by atoms with Crippen LogP contribution in [-0.2, 0) is 6.42 Å². The third-order valence-electron chi connectivity index (χ3n) is 2.24. The normalized spacial score (nSPS) is 12.9. The van der Waals surface area contributed by atoms with E-state index >= 15 is 0 Å². The van der Waals surface area contributed by atoms with Crippen LogP contribution >= 0.6 is 11.6 Å². The molecule has 0 spiro atoms. The summed E-state index contributed by atoms with van der Waals surface area (Å²) in [5, 5.41) is 0.161. The Balaban J connectivity index is 3.23. The van der Waals surface area contributed by atoms with Crippen molar-refractivity contribution in [1.82, 2.24) is 0 Å². The zero-order chi connectivity index (χ0) is 10.7. The molecule has 0 radical (unpaired) electrons. The van der Waals surface area contributed by atoms with Crippen molar-refractivity contribution in [2.75, 3.05) is 6.54 Å². The zero-order valence-corrected chi connectivity index (χ0v) is 8.81. The Morgan fingerprint density at radius 1 is 1.50 bits per heavy atom. The summed E-state index contributed by atoms with van der Waals surface area (Å²) in [5.74, 6) is -0.406. The second-order valence-corrected chi connectivity index (χ2v) is 3.50.